The Hall–Kier alpha value is -0.130. The van der Waals surface area contributed by atoms with Gasteiger partial charge in [0.25, 0.3) is 0 Å². The first-order chi connectivity index (χ1) is 5.99. The summed E-state index contributed by atoms with van der Waals surface area (Å²) in [5.41, 5.74) is 0. The Bertz CT molecular complexity index is 253. The highest BCUT2D eigenvalue weighted by atomic mass is 32.2. The van der Waals surface area contributed by atoms with Gasteiger partial charge >= 0.3 is 0 Å². The molecule has 78 valence electrons. The highest BCUT2D eigenvalue weighted by Gasteiger charge is 2.37. The summed E-state index contributed by atoms with van der Waals surface area (Å²) in [6.45, 7) is 5.48. The lowest BCUT2D eigenvalue weighted by molar-refractivity contribution is 0.115. The monoisotopic (exact) mass is 206 g/mol. The largest absolute Gasteiger partial charge is 0.298 e. The quantitative estimate of drug-likeness (QED) is 0.712. The summed E-state index contributed by atoms with van der Waals surface area (Å²) in [5.74, 6) is 0. The molecule has 0 saturated carbocycles. The van der Waals surface area contributed by atoms with Crippen LogP contribution in [-0.4, -0.2) is 37.7 Å². The number of nitrogens with two attached hydrogens (primary N) is 1. The lowest BCUT2D eigenvalue weighted by atomic mass is 10.1. The summed E-state index contributed by atoms with van der Waals surface area (Å²) in [6.07, 6.45) is 2.15. The van der Waals surface area contributed by atoms with E-state index in [0.29, 0.717) is 19.1 Å². The maximum atomic E-state index is 10.9. The van der Waals surface area contributed by atoms with Gasteiger partial charge in [0.2, 0.25) is 10.0 Å². The van der Waals surface area contributed by atoms with Crippen LogP contribution in [0.2, 0.25) is 0 Å². The van der Waals surface area contributed by atoms with Crippen LogP contribution in [-0.2, 0) is 10.0 Å². The van der Waals surface area contributed by atoms with Gasteiger partial charge in [-0.3, -0.25) is 4.90 Å². The van der Waals surface area contributed by atoms with Crippen LogP contribution in [0.15, 0.2) is 0 Å². The zero-order chi connectivity index (χ0) is 10.1. The van der Waals surface area contributed by atoms with Crippen molar-refractivity contribution in [3.63, 3.8) is 0 Å². The Labute approximate surface area is 80.1 Å². The molecule has 1 fully saturated rings. The minimum atomic E-state index is -3.29. The molecule has 1 aliphatic rings. The van der Waals surface area contributed by atoms with E-state index in [4.69, 9.17) is 5.14 Å². The molecule has 1 aliphatic heterocycles. The number of nitrogens with zero attached hydrogens (tertiary/aromatic N) is 1. The number of rotatable bonds is 4. The van der Waals surface area contributed by atoms with Gasteiger partial charge in [0.1, 0.15) is 5.25 Å². The fourth-order valence-corrected chi connectivity index (χ4v) is 2.58. The van der Waals surface area contributed by atoms with E-state index in [9.17, 15) is 8.42 Å². The second-order valence-corrected chi connectivity index (χ2v) is 5.48. The van der Waals surface area contributed by atoms with Gasteiger partial charge < -0.3 is 0 Å². The molecule has 0 aliphatic carbocycles. The molecule has 0 unspecified atom stereocenters. The van der Waals surface area contributed by atoms with Crippen LogP contribution in [0.3, 0.4) is 0 Å². The fourth-order valence-electron chi connectivity index (χ4n) is 1.78. The first-order valence-corrected chi connectivity index (χ1v) is 6.35. The molecule has 1 saturated heterocycles. The Morgan fingerprint density at radius 2 is 1.85 bits per heavy atom. The SMILES string of the molecule is CCC(CC)N1CC(S(N)(=O)=O)C1. The normalized spacial score (nSPS) is 20.6. The number of hydrogen-bond acceptors (Lipinski definition) is 3. The van der Waals surface area contributed by atoms with E-state index in [1.54, 1.807) is 0 Å². The lowest BCUT2D eigenvalue weighted by Gasteiger charge is -2.42. The van der Waals surface area contributed by atoms with Crippen LogP contribution < -0.4 is 5.14 Å². The standard InChI is InChI=1S/C8H18N2O2S/c1-3-7(4-2)10-5-8(6-10)13(9,11)12/h7-8H,3-6H2,1-2H3,(H2,9,11,12). The maximum Gasteiger partial charge on any atom is 0.214 e. The van der Waals surface area contributed by atoms with E-state index in [-0.39, 0.29) is 5.25 Å². The summed E-state index contributed by atoms with van der Waals surface area (Å²) >= 11 is 0. The summed E-state index contributed by atoms with van der Waals surface area (Å²) in [6, 6.07) is 0.526. The Morgan fingerprint density at radius 3 is 2.15 bits per heavy atom. The second kappa shape index (κ2) is 3.94. The third-order valence-electron chi connectivity index (χ3n) is 2.80. The van der Waals surface area contributed by atoms with Gasteiger partial charge in [-0.15, -0.1) is 0 Å². The summed E-state index contributed by atoms with van der Waals surface area (Å²) in [7, 11) is -3.29. The van der Waals surface area contributed by atoms with Gasteiger partial charge in [-0.1, -0.05) is 13.8 Å². The van der Waals surface area contributed by atoms with Crippen molar-refractivity contribution in [2.75, 3.05) is 13.1 Å². The molecule has 1 rings (SSSR count). The molecule has 5 heteroatoms. The van der Waals surface area contributed by atoms with Crippen LogP contribution in [0.4, 0.5) is 0 Å². The average molecular weight is 206 g/mol. The van der Waals surface area contributed by atoms with Crippen molar-refractivity contribution in [3.05, 3.63) is 0 Å². The average Bonchev–Trinajstić information content (AvgIpc) is 1.92. The van der Waals surface area contributed by atoms with Gasteiger partial charge in [0, 0.05) is 19.1 Å². The smallest absolute Gasteiger partial charge is 0.214 e. The minimum Gasteiger partial charge on any atom is -0.298 e. The summed E-state index contributed by atoms with van der Waals surface area (Å²) in [4.78, 5) is 2.19. The third-order valence-corrected chi connectivity index (χ3v) is 4.03. The number of hydrogen-bond donors (Lipinski definition) is 1. The zero-order valence-electron chi connectivity index (χ0n) is 8.23. The molecule has 1 heterocycles. The summed E-state index contributed by atoms with van der Waals surface area (Å²) < 4.78 is 21.8. The molecule has 0 atom stereocenters. The van der Waals surface area contributed by atoms with Gasteiger partial charge in [-0.25, -0.2) is 13.6 Å². The Morgan fingerprint density at radius 1 is 1.38 bits per heavy atom. The molecule has 0 aromatic carbocycles. The van der Waals surface area contributed by atoms with Crippen molar-refractivity contribution in [3.8, 4) is 0 Å². The van der Waals surface area contributed by atoms with Crippen LogP contribution >= 0.6 is 0 Å². The molecular formula is C8H18N2O2S. The predicted octanol–water partition coefficient (Wildman–Crippen LogP) is 0.148. The van der Waals surface area contributed by atoms with Gasteiger partial charge in [-0.2, -0.15) is 0 Å². The van der Waals surface area contributed by atoms with Crippen LogP contribution in [0.25, 0.3) is 0 Å². The van der Waals surface area contributed by atoms with Crippen LogP contribution in [0, 0.1) is 0 Å². The highest BCUT2D eigenvalue weighted by molar-refractivity contribution is 7.89. The summed E-state index contributed by atoms with van der Waals surface area (Å²) in [5, 5.41) is 4.71. The topological polar surface area (TPSA) is 63.4 Å². The van der Waals surface area contributed by atoms with Crippen LogP contribution in [0.5, 0.6) is 0 Å². The molecular weight excluding hydrogens is 188 g/mol. The fraction of sp³-hybridized carbons (Fsp3) is 1.00. The van der Waals surface area contributed by atoms with Crippen molar-refractivity contribution in [1.29, 1.82) is 0 Å². The molecule has 0 aromatic heterocycles. The van der Waals surface area contributed by atoms with Crippen molar-refractivity contribution in [2.24, 2.45) is 5.14 Å². The molecule has 0 spiro atoms. The van der Waals surface area contributed by atoms with E-state index in [0.717, 1.165) is 12.8 Å². The van der Waals surface area contributed by atoms with Crippen LogP contribution in [0.1, 0.15) is 26.7 Å². The molecule has 0 aromatic rings. The molecule has 0 bridgehead atoms. The first kappa shape index (κ1) is 10.9. The van der Waals surface area contributed by atoms with E-state index in [1.807, 2.05) is 0 Å². The van der Waals surface area contributed by atoms with E-state index < -0.39 is 10.0 Å². The van der Waals surface area contributed by atoms with Gasteiger partial charge in [0.05, 0.1) is 0 Å². The Kier molecular flexibility index (Phi) is 3.32. The van der Waals surface area contributed by atoms with Crippen molar-refractivity contribution >= 4 is 10.0 Å². The molecule has 4 nitrogen and oxygen atoms in total. The molecule has 0 amide bonds. The third kappa shape index (κ3) is 2.42. The van der Waals surface area contributed by atoms with E-state index in [1.165, 1.54) is 0 Å². The second-order valence-electron chi connectivity index (χ2n) is 3.64. The molecule has 13 heavy (non-hydrogen) atoms. The van der Waals surface area contributed by atoms with E-state index in [2.05, 4.69) is 18.7 Å². The van der Waals surface area contributed by atoms with Crippen molar-refractivity contribution in [2.45, 2.75) is 38.0 Å². The molecule has 2 N–H and O–H groups in total. The number of sulfonamides is 1. The molecule has 0 radical (unpaired) electrons. The van der Waals surface area contributed by atoms with Gasteiger partial charge in [-0.05, 0) is 12.8 Å². The van der Waals surface area contributed by atoms with Crippen molar-refractivity contribution < 1.29 is 8.42 Å². The predicted molar refractivity (Wildman–Crippen MR) is 52.8 cm³/mol. The maximum absolute atomic E-state index is 10.9. The van der Waals surface area contributed by atoms with Crippen molar-refractivity contribution in [1.82, 2.24) is 4.90 Å². The Balaban J connectivity index is 2.41. The zero-order valence-corrected chi connectivity index (χ0v) is 9.05. The highest BCUT2D eigenvalue weighted by Crippen LogP contribution is 2.20. The number of primary sulfonamides is 1. The van der Waals surface area contributed by atoms with Gasteiger partial charge in [0.15, 0.2) is 0 Å². The number of likely N-dealkylation sites (tertiary alicyclic amines) is 1. The first-order valence-electron chi connectivity index (χ1n) is 4.74. The minimum absolute atomic E-state index is 0.326. The van der Waals surface area contributed by atoms with E-state index >= 15 is 0 Å². The lowest BCUT2D eigenvalue weighted by Crippen LogP contribution is -2.59.